The zero-order chi connectivity index (χ0) is 23.4. The van der Waals surface area contributed by atoms with E-state index in [1.807, 2.05) is 58.9 Å². The second-order valence-electron chi connectivity index (χ2n) is 8.14. The lowest BCUT2D eigenvalue weighted by atomic mass is 9.94. The molecule has 0 spiro atoms. The Morgan fingerprint density at radius 1 is 1.09 bits per heavy atom. The van der Waals surface area contributed by atoms with Crippen LogP contribution in [0, 0.1) is 6.92 Å². The van der Waals surface area contributed by atoms with Gasteiger partial charge in [-0.1, -0.05) is 19.1 Å². The van der Waals surface area contributed by atoms with Crippen LogP contribution in [0.4, 0.5) is 0 Å². The van der Waals surface area contributed by atoms with Gasteiger partial charge in [0.15, 0.2) is 0 Å². The number of hydrogen-bond acceptors (Lipinski definition) is 5. The lowest BCUT2D eigenvalue weighted by Crippen LogP contribution is -2.30. The average molecular weight is 438 g/mol. The maximum Gasteiger partial charge on any atom is 0.295 e. The van der Waals surface area contributed by atoms with Crippen molar-refractivity contribution < 1.29 is 24.2 Å². The third kappa shape index (κ3) is 4.64. The van der Waals surface area contributed by atoms with Gasteiger partial charge in [-0.3, -0.25) is 9.59 Å². The molecule has 2 aromatic rings. The summed E-state index contributed by atoms with van der Waals surface area (Å²) >= 11 is 0. The van der Waals surface area contributed by atoms with Crippen LogP contribution in [0.1, 0.15) is 56.8 Å². The van der Waals surface area contributed by atoms with Crippen LogP contribution in [0.3, 0.4) is 0 Å². The summed E-state index contributed by atoms with van der Waals surface area (Å²) in [6, 6.07) is 11.9. The maximum absolute atomic E-state index is 13.0. The van der Waals surface area contributed by atoms with Crippen molar-refractivity contribution in [2.24, 2.45) is 0 Å². The summed E-state index contributed by atoms with van der Waals surface area (Å²) in [5.41, 5.74) is 2.16. The molecule has 1 N–H and O–H groups in total. The van der Waals surface area contributed by atoms with Crippen LogP contribution in [0.2, 0.25) is 0 Å². The smallest absolute Gasteiger partial charge is 0.295 e. The summed E-state index contributed by atoms with van der Waals surface area (Å²) in [6.07, 6.45) is 0.731. The van der Waals surface area contributed by atoms with E-state index in [9.17, 15) is 14.7 Å². The maximum atomic E-state index is 13.0. The minimum absolute atomic E-state index is 0.0366. The van der Waals surface area contributed by atoms with Gasteiger partial charge in [-0.05, 0) is 75.6 Å². The second-order valence-corrected chi connectivity index (χ2v) is 8.14. The first-order valence-electron chi connectivity index (χ1n) is 11.1. The molecule has 3 rings (SSSR count). The van der Waals surface area contributed by atoms with Crippen molar-refractivity contribution in [1.82, 2.24) is 4.90 Å². The number of nitrogens with zero attached hydrogens (tertiary/aromatic N) is 1. The van der Waals surface area contributed by atoms with Crippen LogP contribution in [-0.2, 0) is 9.59 Å². The third-order valence-electron chi connectivity index (χ3n) is 5.32. The molecule has 1 unspecified atom stereocenters. The fraction of sp³-hybridized carbons (Fsp3) is 0.385. The van der Waals surface area contributed by atoms with Gasteiger partial charge in [0.05, 0.1) is 24.3 Å². The fourth-order valence-electron chi connectivity index (χ4n) is 3.97. The SMILES string of the molecule is CCCN1C(=O)C(=O)/C(=C(\O)c2ccc(OCC)c(C)c2)C1c1ccc(OC(C)C)cc1. The molecule has 1 aliphatic heterocycles. The van der Waals surface area contributed by atoms with Crippen LogP contribution in [0.25, 0.3) is 5.76 Å². The Morgan fingerprint density at radius 3 is 2.34 bits per heavy atom. The molecule has 32 heavy (non-hydrogen) atoms. The predicted octanol–water partition coefficient (Wildman–Crippen LogP) is 5.01. The monoisotopic (exact) mass is 437 g/mol. The van der Waals surface area contributed by atoms with Crippen LogP contribution < -0.4 is 9.47 Å². The van der Waals surface area contributed by atoms with E-state index in [1.165, 1.54) is 4.90 Å². The third-order valence-corrected chi connectivity index (χ3v) is 5.32. The molecule has 0 radical (unpaired) electrons. The fourth-order valence-corrected chi connectivity index (χ4v) is 3.97. The molecular weight excluding hydrogens is 406 g/mol. The van der Waals surface area contributed by atoms with Gasteiger partial charge in [0.25, 0.3) is 11.7 Å². The Labute approximate surface area is 189 Å². The molecular formula is C26H31NO5. The molecule has 0 bridgehead atoms. The summed E-state index contributed by atoms with van der Waals surface area (Å²) in [4.78, 5) is 27.4. The number of carbonyl (C=O) groups is 2. The van der Waals surface area contributed by atoms with Crippen molar-refractivity contribution >= 4 is 17.4 Å². The number of aliphatic hydroxyl groups is 1. The van der Waals surface area contributed by atoms with E-state index >= 15 is 0 Å². The van der Waals surface area contributed by atoms with Gasteiger partial charge in [0.1, 0.15) is 17.3 Å². The topological polar surface area (TPSA) is 76.1 Å². The molecule has 1 heterocycles. The molecule has 1 atom stereocenters. The molecule has 1 fully saturated rings. The van der Waals surface area contributed by atoms with E-state index in [1.54, 1.807) is 18.2 Å². The predicted molar refractivity (Wildman–Crippen MR) is 124 cm³/mol. The molecule has 2 aromatic carbocycles. The Morgan fingerprint density at radius 2 is 1.78 bits per heavy atom. The minimum Gasteiger partial charge on any atom is -0.507 e. The molecule has 6 nitrogen and oxygen atoms in total. The number of ketones is 1. The van der Waals surface area contributed by atoms with E-state index in [0.717, 1.165) is 11.1 Å². The normalized spacial score (nSPS) is 17.8. The Bertz CT molecular complexity index is 1020. The molecule has 170 valence electrons. The Hall–Kier alpha value is -3.28. The highest BCUT2D eigenvalue weighted by Crippen LogP contribution is 2.40. The molecule has 0 aromatic heterocycles. The number of ether oxygens (including phenoxy) is 2. The summed E-state index contributed by atoms with van der Waals surface area (Å²) in [5.74, 6) is -0.0229. The molecule has 0 aliphatic carbocycles. The first-order chi connectivity index (χ1) is 15.3. The number of likely N-dealkylation sites (tertiary alicyclic amines) is 1. The van der Waals surface area contributed by atoms with Crippen molar-refractivity contribution in [3.8, 4) is 11.5 Å². The highest BCUT2D eigenvalue weighted by molar-refractivity contribution is 6.46. The largest absolute Gasteiger partial charge is 0.507 e. The van der Waals surface area contributed by atoms with E-state index in [2.05, 4.69) is 0 Å². The van der Waals surface area contributed by atoms with E-state index in [4.69, 9.17) is 9.47 Å². The zero-order valence-corrected chi connectivity index (χ0v) is 19.3. The number of carbonyl (C=O) groups excluding carboxylic acids is 2. The van der Waals surface area contributed by atoms with E-state index in [0.29, 0.717) is 36.6 Å². The zero-order valence-electron chi connectivity index (χ0n) is 19.3. The first-order valence-corrected chi connectivity index (χ1v) is 11.1. The number of hydrogen-bond donors (Lipinski definition) is 1. The lowest BCUT2D eigenvalue weighted by Gasteiger charge is -2.25. The minimum atomic E-state index is -0.671. The number of aliphatic hydroxyl groups excluding tert-OH is 1. The Balaban J connectivity index is 2.09. The van der Waals surface area contributed by atoms with Crippen molar-refractivity contribution in [1.29, 1.82) is 0 Å². The standard InChI is InChI=1S/C26H31NO5/c1-6-14-27-23(18-8-11-20(12-9-18)32-16(3)4)22(25(29)26(27)30)24(28)19-10-13-21(31-7-2)17(5)15-19/h8-13,15-16,23,28H,6-7,14H2,1-5H3/b24-22-. The highest BCUT2D eigenvalue weighted by atomic mass is 16.5. The van der Waals surface area contributed by atoms with Gasteiger partial charge < -0.3 is 19.5 Å². The summed E-state index contributed by atoms with van der Waals surface area (Å²) < 4.78 is 11.3. The average Bonchev–Trinajstić information content (AvgIpc) is 3.00. The molecule has 1 saturated heterocycles. The highest BCUT2D eigenvalue weighted by Gasteiger charge is 2.45. The number of amides is 1. The van der Waals surface area contributed by atoms with E-state index in [-0.39, 0.29) is 17.4 Å². The van der Waals surface area contributed by atoms with Crippen LogP contribution in [0.5, 0.6) is 11.5 Å². The van der Waals surface area contributed by atoms with E-state index < -0.39 is 17.7 Å². The second kappa shape index (κ2) is 9.90. The van der Waals surface area contributed by atoms with Crippen molar-refractivity contribution in [2.45, 2.75) is 53.2 Å². The molecule has 1 aliphatic rings. The number of aryl methyl sites for hydroxylation is 1. The van der Waals surface area contributed by atoms with Crippen molar-refractivity contribution in [2.75, 3.05) is 13.2 Å². The number of Topliss-reactive ketones (excluding diaryl/α,β-unsaturated/α-hetero) is 1. The molecule has 1 amide bonds. The van der Waals surface area contributed by atoms with Crippen LogP contribution in [0.15, 0.2) is 48.0 Å². The summed E-state index contributed by atoms with van der Waals surface area (Å²) in [6.45, 7) is 10.6. The number of rotatable bonds is 8. The van der Waals surface area contributed by atoms with Crippen LogP contribution in [-0.4, -0.2) is 41.0 Å². The van der Waals surface area contributed by atoms with Crippen molar-refractivity contribution in [3.05, 3.63) is 64.7 Å². The van der Waals surface area contributed by atoms with Gasteiger partial charge in [-0.25, -0.2) is 0 Å². The number of benzene rings is 2. The first kappa shape index (κ1) is 23.4. The molecule has 6 heteroatoms. The van der Waals surface area contributed by atoms with Gasteiger partial charge in [-0.15, -0.1) is 0 Å². The summed E-state index contributed by atoms with van der Waals surface area (Å²) in [5, 5.41) is 11.2. The van der Waals surface area contributed by atoms with Gasteiger partial charge in [0, 0.05) is 12.1 Å². The van der Waals surface area contributed by atoms with Crippen molar-refractivity contribution in [3.63, 3.8) is 0 Å². The Kier molecular flexibility index (Phi) is 7.23. The van der Waals surface area contributed by atoms with Gasteiger partial charge >= 0.3 is 0 Å². The van der Waals surface area contributed by atoms with Gasteiger partial charge in [0.2, 0.25) is 0 Å². The molecule has 0 saturated carbocycles. The van der Waals surface area contributed by atoms with Gasteiger partial charge in [-0.2, -0.15) is 0 Å². The van der Waals surface area contributed by atoms with Crippen LogP contribution >= 0.6 is 0 Å². The quantitative estimate of drug-likeness (QED) is 0.357. The lowest BCUT2D eigenvalue weighted by molar-refractivity contribution is -0.139. The summed E-state index contributed by atoms with van der Waals surface area (Å²) in [7, 11) is 0.